The summed E-state index contributed by atoms with van der Waals surface area (Å²) in [5.74, 6) is 3.36. The molecular formula is C52H41NSe. The Morgan fingerprint density at radius 2 is 1.06 bits per heavy atom. The summed E-state index contributed by atoms with van der Waals surface area (Å²) in [6, 6.07) is 62.3. The summed E-state index contributed by atoms with van der Waals surface area (Å²) in [4.78, 5) is 2.53. The minimum absolute atomic E-state index is 0.147. The Morgan fingerprint density at radius 1 is 0.444 bits per heavy atom. The van der Waals surface area contributed by atoms with Crippen LogP contribution in [0.4, 0.5) is 17.1 Å². The SMILES string of the molecule is c1ccc(-c2ccc(N(c3ccc4c(c3)[se]c3ccccc34)c3ccccc3-c3cccc4c3-c3ccccc3C43C4CC5CC(C4)CC3C5)cc2)cc1. The fourth-order valence-electron chi connectivity index (χ4n) is 12.0. The first-order valence-corrected chi connectivity index (χ1v) is 21.6. The zero-order chi connectivity index (χ0) is 35.4. The van der Waals surface area contributed by atoms with Crippen LogP contribution in [0.15, 0.2) is 164 Å². The molecule has 0 unspecified atom stereocenters. The molecule has 1 heterocycles. The van der Waals surface area contributed by atoms with Crippen LogP contribution in [-0.2, 0) is 5.41 Å². The van der Waals surface area contributed by atoms with Crippen LogP contribution in [0.2, 0.25) is 0 Å². The van der Waals surface area contributed by atoms with E-state index in [2.05, 4.69) is 169 Å². The first-order chi connectivity index (χ1) is 26.7. The number of nitrogens with zero attached hydrogens (tertiary/aromatic N) is 1. The normalized spacial score (nSPS) is 23.3. The zero-order valence-corrected chi connectivity index (χ0v) is 32.0. The van der Waals surface area contributed by atoms with E-state index in [0.29, 0.717) is 0 Å². The Morgan fingerprint density at radius 3 is 1.87 bits per heavy atom. The van der Waals surface area contributed by atoms with E-state index in [4.69, 9.17) is 0 Å². The molecule has 13 rings (SSSR count). The summed E-state index contributed by atoms with van der Waals surface area (Å²) in [5.41, 5.74) is 15.1. The Hall–Kier alpha value is -5.14. The first-order valence-electron chi connectivity index (χ1n) is 19.9. The van der Waals surface area contributed by atoms with Crippen LogP contribution in [0.1, 0.15) is 43.2 Å². The summed E-state index contributed by atoms with van der Waals surface area (Å²) >= 11 is 0.279. The molecule has 0 saturated heterocycles. The third kappa shape index (κ3) is 4.45. The van der Waals surface area contributed by atoms with Crippen molar-refractivity contribution < 1.29 is 0 Å². The molecule has 1 nitrogen and oxygen atoms in total. The monoisotopic (exact) mass is 759 g/mol. The van der Waals surface area contributed by atoms with Gasteiger partial charge in [0.2, 0.25) is 0 Å². The summed E-state index contributed by atoms with van der Waals surface area (Å²) in [6.07, 6.45) is 7.08. The van der Waals surface area contributed by atoms with Gasteiger partial charge >= 0.3 is 307 Å². The molecule has 4 fully saturated rings. The second-order valence-electron chi connectivity index (χ2n) is 16.5. The van der Waals surface area contributed by atoms with Crippen LogP contribution in [-0.4, -0.2) is 14.5 Å². The Kier molecular flexibility index (Phi) is 6.90. The quantitative estimate of drug-likeness (QED) is 0.158. The molecule has 1 aromatic heterocycles. The molecule has 4 saturated carbocycles. The molecule has 0 aliphatic heterocycles. The van der Waals surface area contributed by atoms with Crippen LogP contribution < -0.4 is 4.90 Å². The summed E-state index contributed by atoms with van der Waals surface area (Å²) in [5, 5.41) is 2.79. The molecule has 0 amide bonds. The molecule has 5 aliphatic rings. The van der Waals surface area contributed by atoms with Gasteiger partial charge in [-0.15, -0.1) is 0 Å². The Bertz CT molecular complexity index is 2710. The molecular weight excluding hydrogens is 718 g/mol. The fourth-order valence-corrected chi connectivity index (χ4v) is 14.4. The average molecular weight is 759 g/mol. The molecule has 4 bridgehead atoms. The van der Waals surface area contributed by atoms with E-state index >= 15 is 0 Å². The number of benzene rings is 7. The molecule has 54 heavy (non-hydrogen) atoms. The van der Waals surface area contributed by atoms with Gasteiger partial charge in [-0.3, -0.25) is 0 Å². The van der Waals surface area contributed by atoms with Crippen molar-refractivity contribution in [2.24, 2.45) is 23.7 Å². The van der Waals surface area contributed by atoms with Crippen LogP contribution in [0.5, 0.6) is 0 Å². The molecule has 0 N–H and O–H groups in total. The van der Waals surface area contributed by atoms with Crippen molar-refractivity contribution in [2.75, 3.05) is 4.90 Å². The van der Waals surface area contributed by atoms with Gasteiger partial charge < -0.3 is 0 Å². The van der Waals surface area contributed by atoms with Crippen molar-refractivity contribution in [1.29, 1.82) is 0 Å². The number of para-hydroxylation sites is 1. The number of rotatable bonds is 5. The second-order valence-corrected chi connectivity index (χ2v) is 18.8. The van der Waals surface area contributed by atoms with Crippen LogP contribution in [0, 0.1) is 23.7 Å². The molecule has 8 aromatic rings. The number of anilines is 3. The van der Waals surface area contributed by atoms with E-state index in [0.717, 1.165) is 23.7 Å². The van der Waals surface area contributed by atoms with Crippen molar-refractivity contribution in [3.8, 4) is 33.4 Å². The maximum atomic E-state index is 2.53. The summed E-state index contributed by atoms with van der Waals surface area (Å²) < 4.78 is 2.94. The summed E-state index contributed by atoms with van der Waals surface area (Å²) in [7, 11) is 0. The van der Waals surface area contributed by atoms with Crippen LogP contribution in [0.3, 0.4) is 0 Å². The molecule has 1 spiro atoms. The fraction of sp³-hybridized carbons (Fsp3) is 0.192. The average Bonchev–Trinajstić information content (AvgIpc) is 3.74. The van der Waals surface area contributed by atoms with Gasteiger partial charge in [0.15, 0.2) is 0 Å². The number of fused-ring (bicyclic) bond motifs is 6. The van der Waals surface area contributed by atoms with E-state index in [1.165, 1.54) is 102 Å². The standard InChI is InChI=1S/C52H41NSe/c1-2-11-35(12-3-1)36-21-23-39(24-22-36)53(40-25-26-43-42-14-6-9-20-49(42)54-50(43)32-40)48-19-8-5-13-41(48)44-16-10-18-47-51(44)45-15-4-7-17-46(45)52(47)37-28-33-27-34(30-37)31-38(52)29-33/h1-26,32-34,37-38H,27-31H2. The third-order valence-electron chi connectivity index (χ3n) is 13.9. The van der Waals surface area contributed by atoms with Gasteiger partial charge in [0, 0.05) is 0 Å². The van der Waals surface area contributed by atoms with Crippen molar-refractivity contribution in [3.63, 3.8) is 0 Å². The molecule has 260 valence electrons. The molecule has 0 atom stereocenters. The van der Waals surface area contributed by atoms with E-state index in [-0.39, 0.29) is 19.9 Å². The predicted molar refractivity (Wildman–Crippen MR) is 227 cm³/mol. The van der Waals surface area contributed by atoms with Crippen molar-refractivity contribution in [2.45, 2.75) is 37.5 Å². The molecule has 7 aromatic carbocycles. The topological polar surface area (TPSA) is 3.24 Å². The Balaban J connectivity index is 1.07. The van der Waals surface area contributed by atoms with Crippen LogP contribution in [0.25, 0.3) is 52.7 Å². The third-order valence-corrected chi connectivity index (χ3v) is 16.2. The van der Waals surface area contributed by atoms with Gasteiger partial charge in [0.1, 0.15) is 0 Å². The van der Waals surface area contributed by atoms with E-state index in [9.17, 15) is 0 Å². The van der Waals surface area contributed by atoms with Gasteiger partial charge in [-0.05, 0) is 18.3 Å². The van der Waals surface area contributed by atoms with Gasteiger partial charge in [0.25, 0.3) is 0 Å². The second kappa shape index (κ2) is 11.9. The van der Waals surface area contributed by atoms with E-state index in [1.807, 2.05) is 0 Å². The van der Waals surface area contributed by atoms with Gasteiger partial charge in [-0.25, -0.2) is 0 Å². The van der Waals surface area contributed by atoms with Gasteiger partial charge in [0.05, 0.1) is 0 Å². The molecule has 0 radical (unpaired) electrons. The van der Waals surface area contributed by atoms with Crippen molar-refractivity contribution in [1.82, 2.24) is 0 Å². The molecule has 2 heteroatoms. The van der Waals surface area contributed by atoms with Gasteiger partial charge in [-0.1, -0.05) is 0 Å². The Labute approximate surface area is 323 Å². The minimum atomic E-state index is 0.147. The first kappa shape index (κ1) is 31.2. The van der Waals surface area contributed by atoms with Crippen LogP contribution >= 0.6 is 0 Å². The van der Waals surface area contributed by atoms with Gasteiger partial charge in [-0.2, -0.15) is 0 Å². The van der Waals surface area contributed by atoms with Crippen molar-refractivity contribution >= 4 is 50.9 Å². The van der Waals surface area contributed by atoms with Crippen molar-refractivity contribution in [3.05, 3.63) is 175 Å². The van der Waals surface area contributed by atoms with E-state index < -0.39 is 0 Å². The predicted octanol–water partition coefficient (Wildman–Crippen LogP) is 13.6. The number of hydrogen-bond acceptors (Lipinski definition) is 1. The molecule has 5 aliphatic carbocycles. The number of hydrogen-bond donors (Lipinski definition) is 0. The zero-order valence-electron chi connectivity index (χ0n) is 30.3. The van der Waals surface area contributed by atoms with E-state index in [1.54, 1.807) is 11.1 Å². The maximum absolute atomic E-state index is 2.53. The summed E-state index contributed by atoms with van der Waals surface area (Å²) in [6.45, 7) is 0.